The number of nitrogens with zero attached hydrogens (tertiary/aromatic N) is 1. The van der Waals surface area contributed by atoms with Gasteiger partial charge in [0, 0.05) is 11.6 Å². The third-order valence-electron chi connectivity index (χ3n) is 4.22. The van der Waals surface area contributed by atoms with E-state index in [2.05, 4.69) is 4.72 Å². The van der Waals surface area contributed by atoms with E-state index in [-0.39, 0.29) is 22.0 Å². The Morgan fingerprint density at radius 1 is 1.15 bits per heavy atom. The molecule has 1 aliphatic carbocycles. The van der Waals surface area contributed by atoms with E-state index in [0.29, 0.717) is 5.56 Å². The second-order valence-corrected chi connectivity index (χ2v) is 8.21. The summed E-state index contributed by atoms with van der Waals surface area (Å²) in [7, 11) is -3.82. The third-order valence-corrected chi connectivity index (χ3v) is 5.85. The number of halogens is 1. The maximum Gasteiger partial charge on any atom is 0.277 e. The summed E-state index contributed by atoms with van der Waals surface area (Å²) in [5.41, 5.74) is 0.151. The molecule has 1 fully saturated rings. The van der Waals surface area contributed by atoms with E-state index < -0.39 is 20.5 Å². The van der Waals surface area contributed by atoms with Crippen LogP contribution in [0, 0.1) is 15.9 Å². The molecule has 0 unspecified atom stereocenters. The zero-order valence-corrected chi connectivity index (χ0v) is 14.8. The smallest absolute Gasteiger partial charge is 0.258 e. The van der Waals surface area contributed by atoms with E-state index in [1.165, 1.54) is 42.5 Å². The molecule has 3 rings (SSSR count). The molecule has 0 spiro atoms. The monoisotopic (exact) mass is 376 g/mol. The van der Waals surface area contributed by atoms with Crippen LogP contribution in [-0.2, 0) is 10.0 Å². The van der Waals surface area contributed by atoms with Crippen LogP contribution in [0.3, 0.4) is 0 Å². The predicted molar refractivity (Wildman–Crippen MR) is 96.4 cm³/mol. The molecule has 8 heteroatoms. The highest BCUT2D eigenvalue weighted by Gasteiger charge is 2.41. The highest BCUT2D eigenvalue weighted by molar-refractivity contribution is 7.89. The highest BCUT2D eigenvalue weighted by atomic mass is 32.2. The molecular formula is C18H17FN2O4S. The fourth-order valence-corrected chi connectivity index (χ4v) is 3.91. The van der Waals surface area contributed by atoms with Crippen LogP contribution < -0.4 is 4.72 Å². The Hall–Kier alpha value is -2.58. The summed E-state index contributed by atoms with van der Waals surface area (Å²) in [5.74, 6) is -0.375. The maximum atomic E-state index is 12.9. The van der Waals surface area contributed by atoms with Crippen LogP contribution in [0.1, 0.15) is 30.9 Å². The quantitative estimate of drug-likeness (QED) is 0.472. The van der Waals surface area contributed by atoms with E-state index >= 15 is 0 Å². The number of benzene rings is 2. The molecule has 136 valence electrons. The summed E-state index contributed by atoms with van der Waals surface area (Å²) in [5, 5.41) is 11.4. The molecule has 0 bridgehead atoms. The Morgan fingerprint density at radius 2 is 1.81 bits per heavy atom. The van der Waals surface area contributed by atoms with Crippen LogP contribution in [-0.4, -0.2) is 18.9 Å². The number of hydrogen-bond donors (Lipinski definition) is 1. The topological polar surface area (TPSA) is 89.3 Å². The summed E-state index contributed by atoms with van der Waals surface area (Å²) in [4.78, 5) is 10.6. The van der Waals surface area contributed by atoms with E-state index in [1.807, 2.05) is 0 Å². The molecule has 2 aromatic carbocycles. The molecule has 0 aromatic heterocycles. The van der Waals surface area contributed by atoms with Crippen LogP contribution in [0.5, 0.6) is 0 Å². The molecule has 0 radical (unpaired) electrons. The summed E-state index contributed by atoms with van der Waals surface area (Å²) < 4.78 is 40.3. The van der Waals surface area contributed by atoms with E-state index in [4.69, 9.17) is 0 Å². The Morgan fingerprint density at radius 3 is 2.38 bits per heavy atom. The van der Waals surface area contributed by atoms with Crippen molar-refractivity contribution in [3.63, 3.8) is 0 Å². The summed E-state index contributed by atoms with van der Waals surface area (Å²) in [6.07, 6.45) is 4.58. The van der Waals surface area contributed by atoms with Gasteiger partial charge in [0.1, 0.15) is 5.82 Å². The largest absolute Gasteiger partial charge is 0.277 e. The lowest BCUT2D eigenvalue weighted by Crippen LogP contribution is -2.34. The molecule has 0 aliphatic heterocycles. The molecule has 0 atom stereocenters. The fourth-order valence-electron chi connectivity index (χ4n) is 2.42. The molecule has 1 N–H and O–H groups in total. The third kappa shape index (κ3) is 4.14. The molecule has 0 amide bonds. The van der Waals surface area contributed by atoms with Crippen LogP contribution in [0.25, 0.3) is 12.2 Å². The van der Waals surface area contributed by atoms with E-state index in [0.717, 1.165) is 18.9 Å². The molecule has 1 saturated carbocycles. The summed E-state index contributed by atoms with van der Waals surface area (Å²) in [6, 6.07) is 9.43. The van der Waals surface area contributed by atoms with Gasteiger partial charge in [-0.15, -0.1) is 0 Å². The minimum absolute atomic E-state index is 0.142. The summed E-state index contributed by atoms with van der Waals surface area (Å²) in [6.45, 7) is 1.79. The Bertz CT molecular complexity index is 981. The molecule has 0 saturated heterocycles. The van der Waals surface area contributed by atoms with Crippen LogP contribution in [0.2, 0.25) is 0 Å². The van der Waals surface area contributed by atoms with Gasteiger partial charge in [-0.25, -0.2) is 17.5 Å². The standard InChI is InChI=1S/C18H17FN2O4S/c1-18(10-11-18)20-26(24,25)16-9-6-14(17(12-16)21(22)23)5-2-13-3-7-15(19)8-4-13/h2-9,12,20H,10-11H2,1H3/b5-2+. The predicted octanol–water partition coefficient (Wildman–Crippen LogP) is 3.74. The fraction of sp³-hybridized carbons (Fsp3) is 0.222. The number of nitro benzene ring substituents is 1. The van der Waals surface area contributed by atoms with Gasteiger partial charge < -0.3 is 0 Å². The molecule has 26 heavy (non-hydrogen) atoms. The van der Waals surface area contributed by atoms with Crippen molar-refractivity contribution in [2.45, 2.75) is 30.2 Å². The van der Waals surface area contributed by atoms with Crippen molar-refractivity contribution in [3.05, 3.63) is 69.5 Å². The van der Waals surface area contributed by atoms with Crippen molar-refractivity contribution in [3.8, 4) is 0 Å². The number of sulfonamides is 1. The zero-order chi connectivity index (χ0) is 18.9. The Labute approximate surface area is 150 Å². The lowest BCUT2D eigenvalue weighted by molar-refractivity contribution is -0.385. The van der Waals surface area contributed by atoms with Gasteiger partial charge in [0.05, 0.1) is 15.4 Å². The molecular weight excluding hydrogens is 359 g/mol. The molecule has 6 nitrogen and oxygen atoms in total. The number of nitrogens with one attached hydrogen (secondary N) is 1. The minimum atomic E-state index is -3.82. The van der Waals surface area contributed by atoms with Gasteiger partial charge in [-0.2, -0.15) is 0 Å². The first-order chi connectivity index (χ1) is 12.2. The average Bonchev–Trinajstić information content (AvgIpc) is 3.30. The summed E-state index contributed by atoms with van der Waals surface area (Å²) >= 11 is 0. The first-order valence-electron chi connectivity index (χ1n) is 7.95. The van der Waals surface area contributed by atoms with Crippen molar-refractivity contribution in [1.82, 2.24) is 4.72 Å². The van der Waals surface area contributed by atoms with Crippen molar-refractivity contribution in [2.75, 3.05) is 0 Å². The SMILES string of the molecule is CC1(NS(=O)(=O)c2ccc(/C=C/c3ccc(F)cc3)c([N+](=O)[O-])c2)CC1. The first-order valence-corrected chi connectivity index (χ1v) is 9.43. The second kappa shape index (κ2) is 6.62. The highest BCUT2D eigenvalue weighted by Crippen LogP contribution is 2.36. The lowest BCUT2D eigenvalue weighted by atomic mass is 10.1. The normalized spacial score (nSPS) is 15.9. The van der Waals surface area contributed by atoms with Gasteiger partial charge in [0.15, 0.2) is 0 Å². The van der Waals surface area contributed by atoms with Gasteiger partial charge in [-0.3, -0.25) is 10.1 Å². The van der Waals surface area contributed by atoms with Gasteiger partial charge in [-0.1, -0.05) is 18.2 Å². The van der Waals surface area contributed by atoms with Crippen molar-refractivity contribution >= 4 is 27.9 Å². The van der Waals surface area contributed by atoms with Gasteiger partial charge in [0.25, 0.3) is 5.69 Å². The molecule has 1 aliphatic rings. The Kier molecular flexibility index (Phi) is 4.64. The zero-order valence-electron chi connectivity index (χ0n) is 14.0. The van der Waals surface area contributed by atoms with Crippen LogP contribution >= 0.6 is 0 Å². The Balaban J connectivity index is 1.92. The number of rotatable bonds is 6. The first kappa shape index (κ1) is 18.2. The van der Waals surface area contributed by atoms with E-state index in [1.54, 1.807) is 13.0 Å². The van der Waals surface area contributed by atoms with Gasteiger partial charge in [0.2, 0.25) is 10.0 Å². The molecule has 2 aromatic rings. The average molecular weight is 376 g/mol. The van der Waals surface area contributed by atoms with E-state index in [9.17, 15) is 22.9 Å². The van der Waals surface area contributed by atoms with Crippen molar-refractivity contribution in [2.24, 2.45) is 0 Å². The molecule has 0 heterocycles. The maximum absolute atomic E-state index is 12.9. The number of hydrogen-bond acceptors (Lipinski definition) is 4. The van der Waals surface area contributed by atoms with Gasteiger partial charge in [-0.05, 0) is 55.7 Å². The number of nitro groups is 1. The lowest BCUT2D eigenvalue weighted by Gasteiger charge is -2.12. The second-order valence-electron chi connectivity index (χ2n) is 6.53. The van der Waals surface area contributed by atoms with Crippen molar-refractivity contribution < 1.29 is 17.7 Å². The van der Waals surface area contributed by atoms with Gasteiger partial charge >= 0.3 is 0 Å². The van der Waals surface area contributed by atoms with Crippen molar-refractivity contribution in [1.29, 1.82) is 0 Å². The van der Waals surface area contributed by atoms with Crippen LogP contribution in [0.15, 0.2) is 47.4 Å². The minimum Gasteiger partial charge on any atom is -0.258 e. The van der Waals surface area contributed by atoms with Crippen LogP contribution in [0.4, 0.5) is 10.1 Å².